The van der Waals surface area contributed by atoms with Gasteiger partial charge in [-0.1, -0.05) is 20.3 Å². The zero-order valence-electron chi connectivity index (χ0n) is 12.6. The van der Waals surface area contributed by atoms with E-state index in [0.717, 1.165) is 18.7 Å². The molecule has 7 heteroatoms. The van der Waals surface area contributed by atoms with Crippen molar-refractivity contribution in [2.24, 2.45) is 5.92 Å². The van der Waals surface area contributed by atoms with E-state index in [2.05, 4.69) is 5.32 Å². The van der Waals surface area contributed by atoms with Crippen molar-refractivity contribution in [3.63, 3.8) is 0 Å². The molecule has 1 aromatic rings. The third kappa shape index (κ3) is 5.34. The van der Waals surface area contributed by atoms with Gasteiger partial charge in [0.15, 0.2) is 0 Å². The van der Waals surface area contributed by atoms with Crippen molar-refractivity contribution in [2.45, 2.75) is 33.2 Å². The largest absolute Gasteiger partial charge is 0.349 e. The van der Waals surface area contributed by atoms with Gasteiger partial charge < -0.3 is 5.32 Å². The predicted molar refractivity (Wildman–Crippen MR) is 81.2 cm³/mol. The number of rotatable bonds is 6. The van der Waals surface area contributed by atoms with Crippen LogP contribution >= 0.6 is 0 Å². The smallest absolute Gasteiger partial charge is 0.251 e. The van der Waals surface area contributed by atoms with Gasteiger partial charge in [-0.15, -0.1) is 0 Å². The van der Waals surface area contributed by atoms with Crippen molar-refractivity contribution in [1.29, 1.82) is 0 Å². The van der Waals surface area contributed by atoms with E-state index in [0.29, 0.717) is 5.92 Å². The van der Waals surface area contributed by atoms with Gasteiger partial charge in [0.2, 0.25) is 10.0 Å². The highest BCUT2D eigenvalue weighted by molar-refractivity contribution is 7.92. The van der Waals surface area contributed by atoms with Crippen LogP contribution < -0.4 is 10.0 Å². The van der Waals surface area contributed by atoms with Gasteiger partial charge in [-0.25, -0.2) is 12.8 Å². The van der Waals surface area contributed by atoms with Gasteiger partial charge in [0.25, 0.3) is 5.91 Å². The van der Waals surface area contributed by atoms with Gasteiger partial charge >= 0.3 is 0 Å². The maximum atomic E-state index is 13.6. The Bertz CT molecular complexity index is 617. The molecule has 0 aromatic heterocycles. The van der Waals surface area contributed by atoms with Crippen LogP contribution in [0.4, 0.5) is 10.1 Å². The summed E-state index contributed by atoms with van der Waals surface area (Å²) in [6, 6.07) is 3.55. The highest BCUT2D eigenvalue weighted by Crippen LogP contribution is 2.18. The second-order valence-corrected chi connectivity index (χ2v) is 6.96. The lowest BCUT2D eigenvalue weighted by molar-refractivity contribution is 0.0928. The first-order chi connectivity index (χ1) is 9.64. The molecular weight excluding hydrogens is 295 g/mol. The number of nitrogens with one attached hydrogen (secondary N) is 2. The van der Waals surface area contributed by atoms with Crippen LogP contribution in [0.5, 0.6) is 0 Å². The minimum atomic E-state index is -3.60. The second-order valence-electron chi connectivity index (χ2n) is 5.22. The molecule has 0 saturated carbocycles. The van der Waals surface area contributed by atoms with Crippen LogP contribution in [0.3, 0.4) is 0 Å². The molecule has 2 N–H and O–H groups in total. The number of carbonyl (C=O) groups is 1. The third-order valence-electron chi connectivity index (χ3n) is 3.38. The number of benzene rings is 1. The fourth-order valence-corrected chi connectivity index (χ4v) is 2.29. The van der Waals surface area contributed by atoms with Crippen molar-refractivity contribution >= 4 is 21.6 Å². The summed E-state index contributed by atoms with van der Waals surface area (Å²) in [6.07, 6.45) is 1.84. The molecule has 0 aliphatic rings. The number of halogens is 1. The Kier molecular flexibility index (Phi) is 5.71. The fourth-order valence-electron chi connectivity index (χ4n) is 1.73. The number of amides is 1. The SMILES string of the molecule is CC[C@@H](C)[C@@H](C)NC(=O)c1ccc(F)c(NS(C)(=O)=O)c1. The zero-order chi connectivity index (χ0) is 16.2. The van der Waals surface area contributed by atoms with E-state index in [9.17, 15) is 17.6 Å². The lowest BCUT2D eigenvalue weighted by atomic mass is 10.0. The molecule has 0 aliphatic carbocycles. The number of hydrogen-bond acceptors (Lipinski definition) is 3. The molecule has 21 heavy (non-hydrogen) atoms. The summed E-state index contributed by atoms with van der Waals surface area (Å²) >= 11 is 0. The molecular formula is C14H21FN2O3S. The summed E-state index contributed by atoms with van der Waals surface area (Å²) in [7, 11) is -3.60. The topological polar surface area (TPSA) is 75.3 Å². The average Bonchev–Trinajstić information content (AvgIpc) is 2.38. The number of anilines is 1. The summed E-state index contributed by atoms with van der Waals surface area (Å²) in [5.74, 6) is -0.783. The lowest BCUT2D eigenvalue weighted by Gasteiger charge is -2.20. The van der Waals surface area contributed by atoms with Gasteiger partial charge in [-0.05, 0) is 31.0 Å². The van der Waals surface area contributed by atoms with Crippen LogP contribution in [-0.2, 0) is 10.0 Å². The summed E-state index contributed by atoms with van der Waals surface area (Å²) in [4.78, 5) is 12.1. The van der Waals surface area contributed by atoms with Crippen LogP contribution in [0.25, 0.3) is 0 Å². The molecule has 0 unspecified atom stereocenters. The molecule has 0 bridgehead atoms. The maximum absolute atomic E-state index is 13.6. The highest BCUT2D eigenvalue weighted by Gasteiger charge is 2.16. The van der Waals surface area contributed by atoms with Crippen molar-refractivity contribution < 1.29 is 17.6 Å². The molecule has 0 saturated heterocycles. The van der Waals surface area contributed by atoms with Gasteiger partial charge in [0.1, 0.15) is 5.82 Å². The van der Waals surface area contributed by atoms with E-state index < -0.39 is 15.8 Å². The summed E-state index contributed by atoms with van der Waals surface area (Å²) in [5.41, 5.74) is -0.0287. The molecule has 118 valence electrons. The van der Waals surface area contributed by atoms with E-state index in [1.165, 1.54) is 12.1 Å². The standard InChI is InChI=1S/C14H21FN2O3S/c1-5-9(2)10(3)16-14(18)11-6-7-12(15)13(8-11)17-21(4,19)20/h6-10,17H,5H2,1-4H3,(H,16,18)/t9-,10-/m1/s1. The minimum Gasteiger partial charge on any atom is -0.349 e. The van der Waals surface area contributed by atoms with E-state index in [4.69, 9.17) is 0 Å². The number of carbonyl (C=O) groups excluding carboxylic acids is 1. The molecule has 1 rings (SSSR count). The minimum absolute atomic E-state index is 0.0288. The van der Waals surface area contributed by atoms with Crippen LogP contribution in [-0.4, -0.2) is 26.6 Å². The van der Waals surface area contributed by atoms with E-state index in [1.807, 2.05) is 25.5 Å². The monoisotopic (exact) mass is 316 g/mol. The Morgan fingerprint density at radius 1 is 1.33 bits per heavy atom. The summed E-state index contributed by atoms with van der Waals surface area (Å²) in [6.45, 7) is 5.94. The Hall–Kier alpha value is -1.63. The molecule has 1 aromatic carbocycles. The van der Waals surface area contributed by atoms with Crippen molar-refractivity contribution in [3.8, 4) is 0 Å². The lowest BCUT2D eigenvalue weighted by Crippen LogP contribution is -2.36. The quantitative estimate of drug-likeness (QED) is 0.846. The fraction of sp³-hybridized carbons (Fsp3) is 0.500. The molecule has 0 aliphatic heterocycles. The highest BCUT2D eigenvalue weighted by atomic mass is 32.2. The van der Waals surface area contributed by atoms with E-state index in [1.54, 1.807) is 0 Å². The van der Waals surface area contributed by atoms with Crippen molar-refractivity contribution in [1.82, 2.24) is 5.32 Å². The zero-order valence-corrected chi connectivity index (χ0v) is 13.4. The van der Waals surface area contributed by atoms with Gasteiger partial charge in [-0.2, -0.15) is 0 Å². The first kappa shape index (κ1) is 17.4. The first-order valence-corrected chi connectivity index (χ1v) is 8.61. The van der Waals surface area contributed by atoms with E-state index in [-0.39, 0.29) is 23.2 Å². The second kappa shape index (κ2) is 6.89. The van der Waals surface area contributed by atoms with E-state index >= 15 is 0 Å². The molecule has 5 nitrogen and oxygen atoms in total. The van der Waals surface area contributed by atoms with Crippen molar-refractivity contribution in [2.75, 3.05) is 11.0 Å². The molecule has 0 fully saturated rings. The maximum Gasteiger partial charge on any atom is 0.251 e. The predicted octanol–water partition coefficient (Wildman–Crippen LogP) is 2.36. The Morgan fingerprint density at radius 2 is 1.95 bits per heavy atom. The van der Waals surface area contributed by atoms with Crippen LogP contribution in [0.2, 0.25) is 0 Å². The van der Waals surface area contributed by atoms with Gasteiger partial charge in [0.05, 0.1) is 11.9 Å². The number of sulfonamides is 1. The van der Waals surface area contributed by atoms with Crippen LogP contribution in [0, 0.1) is 11.7 Å². The van der Waals surface area contributed by atoms with Crippen molar-refractivity contribution in [3.05, 3.63) is 29.6 Å². The summed E-state index contributed by atoms with van der Waals surface area (Å²) in [5, 5.41) is 2.82. The van der Waals surface area contributed by atoms with Gasteiger partial charge in [-0.3, -0.25) is 9.52 Å². The Balaban J connectivity index is 2.94. The first-order valence-electron chi connectivity index (χ1n) is 6.72. The van der Waals surface area contributed by atoms with Crippen LogP contribution in [0.15, 0.2) is 18.2 Å². The number of hydrogen-bond donors (Lipinski definition) is 2. The molecule has 0 heterocycles. The third-order valence-corrected chi connectivity index (χ3v) is 3.97. The normalized spacial score (nSPS) is 14.3. The van der Waals surface area contributed by atoms with Gasteiger partial charge in [0, 0.05) is 11.6 Å². The molecule has 2 atom stereocenters. The Morgan fingerprint density at radius 3 is 2.48 bits per heavy atom. The summed E-state index contributed by atoms with van der Waals surface area (Å²) < 4.78 is 37.9. The average molecular weight is 316 g/mol. The Labute approximate surface area is 125 Å². The van der Waals surface area contributed by atoms with Crippen LogP contribution in [0.1, 0.15) is 37.6 Å². The molecule has 0 spiro atoms. The molecule has 0 radical (unpaired) electrons. The molecule has 1 amide bonds.